The molecule has 8 nitrogen and oxygen atoms in total. The Morgan fingerprint density at radius 3 is 2.52 bits per heavy atom. The monoisotopic (exact) mass is 306 g/mol. The molecule has 0 saturated heterocycles. The van der Waals surface area contributed by atoms with Crippen molar-refractivity contribution in [3.8, 4) is 0 Å². The summed E-state index contributed by atoms with van der Waals surface area (Å²) >= 11 is 1.06. The maximum atomic E-state index is 12.0. The zero-order valence-electron chi connectivity index (χ0n) is 10.8. The average molecular weight is 306 g/mol. The predicted molar refractivity (Wildman–Crippen MR) is 75.6 cm³/mol. The van der Waals surface area contributed by atoms with Gasteiger partial charge >= 0.3 is 5.97 Å². The second kappa shape index (κ2) is 6.09. The van der Waals surface area contributed by atoms with Gasteiger partial charge in [-0.15, -0.1) is 11.3 Å². The van der Waals surface area contributed by atoms with E-state index in [1.54, 1.807) is 6.07 Å². The van der Waals surface area contributed by atoms with Gasteiger partial charge in [-0.25, -0.2) is 14.8 Å². The van der Waals surface area contributed by atoms with Gasteiger partial charge in [-0.1, -0.05) is 0 Å². The van der Waals surface area contributed by atoms with Crippen LogP contribution in [0.1, 0.15) is 27.1 Å². The summed E-state index contributed by atoms with van der Waals surface area (Å²) in [5.74, 6) is -2.20. The Hall–Kier alpha value is -2.81. The highest BCUT2D eigenvalue weighted by Crippen LogP contribution is 2.23. The van der Waals surface area contributed by atoms with Crippen molar-refractivity contribution in [2.75, 3.05) is 10.6 Å². The normalized spacial score (nSPS) is 9.95. The van der Waals surface area contributed by atoms with Crippen LogP contribution in [-0.4, -0.2) is 32.9 Å². The third kappa shape index (κ3) is 3.60. The fourth-order valence-electron chi connectivity index (χ4n) is 1.46. The summed E-state index contributed by atoms with van der Waals surface area (Å²) < 4.78 is 0. The van der Waals surface area contributed by atoms with Gasteiger partial charge in [0.15, 0.2) is 11.5 Å². The van der Waals surface area contributed by atoms with E-state index >= 15 is 0 Å². The Bertz CT molecular complexity index is 713. The second-order valence-electron chi connectivity index (χ2n) is 3.86. The molecule has 0 unspecified atom stereocenters. The molecule has 2 aromatic rings. The zero-order valence-corrected chi connectivity index (χ0v) is 11.6. The topological polar surface area (TPSA) is 121 Å². The van der Waals surface area contributed by atoms with E-state index in [1.807, 2.05) is 0 Å². The number of carbonyl (C=O) groups is 3. The van der Waals surface area contributed by atoms with Crippen LogP contribution >= 0.6 is 11.3 Å². The molecule has 3 N–H and O–H groups in total. The Morgan fingerprint density at radius 1 is 1.14 bits per heavy atom. The first-order valence-corrected chi connectivity index (χ1v) is 6.52. The summed E-state index contributed by atoms with van der Waals surface area (Å²) in [5.41, 5.74) is -0.343. The number of nitrogens with zero attached hydrogens (tertiary/aromatic N) is 2. The lowest BCUT2D eigenvalue weighted by Crippen LogP contribution is -2.16. The highest BCUT2D eigenvalue weighted by atomic mass is 32.1. The van der Waals surface area contributed by atoms with E-state index < -0.39 is 11.9 Å². The number of nitrogens with one attached hydrogen (secondary N) is 2. The molecular weight excluding hydrogens is 296 g/mol. The van der Waals surface area contributed by atoms with Crippen LogP contribution in [0.5, 0.6) is 0 Å². The molecule has 0 bridgehead atoms. The molecule has 2 aromatic heterocycles. The van der Waals surface area contributed by atoms with E-state index in [-0.39, 0.29) is 17.4 Å². The van der Waals surface area contributed by atoms with Gasteiger partial charge in [0.25, 0.3) is 5.91 Å². The smallest absolute Gasteiger partial charge is 0.358 e. The molecule has 2 amide bonds. The quantitative estimate of drug-likeness (QED) is 0.786. The van der Waals surface area contributed by atoms with Gasteiger partial charge in [0.2, 0.25) is 5.91 Å². The van der Waals surface area contributed by atoms with Crippen molar-refractivity contribution in [3.05, 3.63) is 35.1 Å². The average Bonchev–Trinajstić information content (AvgIpc) is 2.86. The molecule has 0 aliphatic rings. The molecule has 21 heavy (non-hydrogen) atoms. The molecule has 108 valence electrons. The lowest BCUT2D eigenvalue weighted by Gasteiger charge is -2.04. The minimum Gasteiger partial charge on any atom is -0.476 e. The molecular formula is C12H10N4O4S. The third-order valence-electron chi connectivity index (χ3n) is 2.26. The number of carboxylic acid groups (broad SMARTS) is 1. The maximum absolute atomic E-state index is 12.0. The van der Waals surface area contributed by atoms with Crippen LogP contribution in [0.15, 0.2) is 24.5 Å². The first-order chi connectivity index (χ1) is 9.97. The fraction of sp³-hybridized carbons (Fsp3) is 0.0833. The lowest BCUT2D eigenvalue weighted by atomic mass is 10.3. The number of carboxylic acids is 1. The summed E-state index contributed by atoms with van der Waals surface area (Å²) in [7, 11) is 0. The first kappa shape index (κ1) is 14.6. The third-order valence-corrected chi connectivity index (χ3v) is 3.26. The van der Waals surface area contributed by atoms with Gasteiger partial charge in [0, 0.05) is 19.3 Å². The van der Waals surface area contributed by atoms with Crippen LogP contribution in [-0.2, 0) is 4.79 Å². The minimum atomic E-state index is -1.29. The van der Waals surface area contributed by atoms with E-state index in [1.165, 1.54) is 25.4 Å². The van der Waals surface area contributed by atoms with Crippen LogP contribution in [0.2, 0.25) is 0 Å². The molecule has 0 saturated carbocycles. The molecule has 2 heterocycles. The number of thiophene rings is 1. The van der Waals surface area contributed by atoms with E-state index in [0.717, 1.165) is 11.3 Å². The Morgan fingerprint density at radius 2 is 1.86 bits per heavy atom. The predicted octanol–water partition coefficient (Wildman–Crippen LogP) is 1.45. The molecule has 0 aliphatic heterocycles. The Labute approximate surface area is 122 Å². The molecule has 0 fully saturated rings. The van der Waals surface area contributed by atoms with Gasteiger partial charge in [0.1, 0.15) is 0 Å². The molecule has 0 spiro atoms. The van der Waals surface area contributed by atoms with Crippen molar-refractivity contribution in [1.29, 1.82) is 0 Å². The number of hydrogen-bond donors (Lipinski definition) is 3. The van der Waals surface area contributed by atoms with Crippen molar-refractivity contribution in [2.24, 2.45) is 0 Å². The van der Waals surface area contributed by atoms with Crippen LogP contribution in [0, 0.1) is 0 Å². The molecule has 0 radical (unpaired) electrons. The lowest BCUT2D eigenvalue weighted by molar-refractivity contribution is -0.114. The van der Waals surface area contributed by atoms with Gasteiger partial charge in [-0.3, -0.25) is 9.59 Å². The van der Waals surface area contributed by atoms with Crippen LogP contribution in [0.25, 0.3) is 0 Å². The van der Waals surface area contributed by atoms with Crippen molar-refractivity contribution in [1.82, 2.24) is 9.97 Å². The van der Waals surface area contributed by atoms with Crippen molar-refractivity contribution in [3.63, 3.8) is 0 Å². The van der Waals surface area contributed by atoms with Crippen molar-refractivity contribution < 1.29 is 19.5 Å². The number of anilines is 2. The minimum absolute atomic E-state index is 0.135. The fourth-order valence-corrected chi connectivity index (χ4v) is 2.30. The van der Waals surface area contributed by atoms with E-state index in [2.05, 4.69) is 20.6 Å². The highest BCUT2D eigenvalue weighted by Gasteiger charge is 2.17. The highest BCUT2D eigenvalue weighted by molar-refractivity contribution is 7.18. The summed E-state index contributed by atoms with van der Waals surface area (Å²) in [4.78, 5) is 41.6. The molecule has 2 rings (SSSR count). The maximum Gasteiger partial charge on any atom is 0.358 e. The number of amides is 2. The standard InChI is InChI=1S/C12H10N4O4S/c1-6(17)15-8-3-2-7(21-8)11(18)16-10-9(12(19)20)13-4-5-14-10/h2-5H,1H3,(H,15,17)(H,19,20)(H,14,16,18). The molecule has 0 aromatic carbocycles. The SMILES string of the molecule is CC(=O)Nc1ccc(C(=O)Nc2nccnc2C(=O)O)s1. The number of carbonyl (C=O) groups excluding carboxylic acids is 2. The Kier molecular flexibility index (Phi) is 4.24. The largest absolute Gasteiger partial charge is 0.476 e. The molecule has 0 atom stereocenters. The first-order valence-electron chi connectivity index (χ1n) is 5.70. The summed E-state index contributed by atoms with van der Waals surface area (Å²) in [6.07, 6.45) is 2.50. The Balaban J connectivity index is 2.17. The van der Waals surface area contributed by atoms with Crippen molar-refractivity contribution in [2.45, 2.75) is 6.92 Å². The molecule has 0 aliphatic carbocycles. The van der Waals surface area contributed by atoms with Crippen LogP contribution < -0.4 is 10.6 Å². The van der Waals surface area contributed by atoms with E-state index in [9.17, 15) is 14.4 Å². The van der Waals surface area contributed by atoms with E-state index in [0.29, 0.717) is 9.88 Å². The second-order valence-corrected chi connectivity index (χ2v) is 4.94. The number of rotatable bonds is 4. The summed E-state index contributed by atoms with van der Waals surface area (Å²) in [6.45, 7) is 1.36. The van der Waals surface area contributed by atoms with Gasteiger partial charge in [0.05, 0.1) is 9.88 Å². The van der Waals surface area contributed by atoms with E-state index in [4.69, 9.17) is 5.11 Å². The molecule has 9 heteroatoms. The van der Waals surface area contributed by atoms with Crippen molar-refractivity contribution >= 4 is 39.9 Å². The van der Waals surface area contributed by atoms with Crippen LogP contribution in [0.4, 0.5) is 10.8 Å². The van der Waals surface area contributed by atoms with Gasteiger partial charge in [-0.2, -0.15) is 0 Å². The van der Waals surface area contributed by atoms with Gasteiger partial charge in [-0.05, 0) is 12.1 Å². The number of aromatic nitrogens is 2. The zero-order chi connectivity index (χ0) is 15.4. The van der Waals surface area contributed by atoms with Gasteiger partial charge < -0.3 is 15.7 Å². The number of hydrogen-bond acceptors (Lipinski definition) is 6. The number of aromatic carboxylic acids is 1. The van der Waals surface area contributed by atoms with Crippen LogP contribution in [0.3, 0.4) is 0 Å². The summed E-state index contributed by atoms with van der Waals surface area (Å²) in [5, 5.41) is 14.4. The summed E-state index contributed by atoms with van der Waals surface area (Å²) in [6, 6.07) is 3.10.